The maximum Gasteiger partial charge on any atom is 0.203 e. The van der Waals surface area contributed by atoms with E-state index < -0.39 is 0 Å². The molecule has 0 saturated heterocycles. The van der Waals surface area contributed by atoms with E-state index in [4.69, 9.17) is 4.74 Å². The first kappa shape index (κ1) is 17.6. The van der Waals surface area contributed by atoms with Crippen LogP contribution in [0, 0.1) is 0 Å². The van der Waals surface area contributed by atoms with Crippen LogP contribution in [0.3, 0.4) is 0 Å². The molecule has 0 aliphatic heterocycles. The molecule has 4 heteroatoms. The summed E-state index contributed by atoms with van der Waals surface area (Å²) < 4.78 is 7.52. The number of aromatic nitrogens is 2. The first-order chi connectivity index (χ1) is 11.7. The highest BCUT2D eigenvalue weighted by Gasteiger charge is 2.07. The van der Waals surface area contributed by atoms with E-state index in [-0.39, 0.29) is 0 Å². The normalized spacial score (nSPS) is 12.1. The average molecular weight is 323 g/mol. The molecular formula is C20H25N3O. The van der Waals surface area contributed by atoms with Crippen LogP contribution in [0.1, 0.15) is 25.1 Å². The van der Waals surface area contributed by atoms with Gasteiger partial charge in [0.2, 0.25) is 5.95 Å². The van der Waals surface area contributed by atoms with E-state index in [1.807, 2.05) is 50.5 Å². The number of benzene rings is 1. The van der Waals surface area contributed by atoms with E-state index in [0.717, 1.165) is 29.5 Å². The van der Waals surface area contributed by atoms with Crippen molar-refractivity contribution in [2.75, 3.05) is 11.9 Å². The first-order valence-corrected chi connectivity index (χ1v) is 8.09. The van der Waals surface area contributed by atoms with Crippen molar-refractivity contribution in [2.24, 2.45) is 7.05 Å². The number of hydrogen-bond acceptors (Lipinski definition) is 3. The lowest BCUT2D eigenvalue weighted by Gasteiger charge is -2.08. The molecule has 0 spiro atoms. The number of rotatable bonds is 8. The molecule has 1 aromatic heterocycles. The third kappa shape index (κ3) is 4.62. The van der Waals surface area contributed by atoms with Gasteiger partial charge in [-0.25, -0.2) is 4.98 Å². The van der Waals surface area contributed by atoms with Crippen molar-refractivity contribution in [2.45, 2.75) is 20.4 Å². The van der Waals surface area contributed by atoms with E-state index in [2.05, 4.69) is 40.5 Å². The fourth-order valence-electron chi connectivity index (χ4n) is 2.35. The maximum absolute atomic E-state index is 5.46. The molecule has 0 aliphatic rings. The van der Waals surface area contributed by atoms with Gasteiger partial charge >= 0.3 is 0 Å². The molecule has 1 N–H and O–H groups in total. The van der Waals surface area contributed by atoms with Gasteiger partial charge in [0.1, 0.15) is 5.76 Å². The van der Waals surface area contributed by atoms with Crippen LogP contribution in [0.4, 0.5) is 5.95 Å². The molecule has 24 heavy (non-hydrogen) atoms. The van der Waals surface area contributed by atoms with Crippen LogP contribution in [-0.2, 0) is 18.3 Å². The molecule has 0 radical (unpaired) electrons. The summed E-state index contributed by atoms with van der Waals surface area (Å²) in [6.07, 6.45) is 7.53. The molecule has 0 atom stereocenters. The predicted octanol–water partition coefficient (Wildman–Crippen LogP) is 4.54. The Morgan fingerprint density at radius 1 is 1.29 bits per heavy atom. The number of nitrogens with one attached hydrogen (secondary N) is 1. The van der Waals surface area contributed by atoms with Gasteiger partial charge in [-0.1, -0.05) is 43.0 Å². The van der Waals surface area contributed by atoms with Crippen LogP contribution >= 0.6 is 0 Å². The standard InChI is InChI=1S/C20H25N3O/c1-5-18(24-6-2)13-12-16(3)19-15-22-20(23(19)4)21-14-17-10-8-7-9-11-17/h5,7-13,15H,1,6,14H2,2-4H3,(H,21,22)/b16-12+,18-13+. The summed E-state index contributed by atoms with van der Waals surface area (Å²) >= 11 is 0. The minimum Gasteiger partial charge on any atom is -0.494 e. The van der Waals surface area contributed by atoms with Crippen LogP contribution in [0.15, 0.2) is 67.1 Å². The zero-order valence-electron chi connectivity index (χ0n) is 14.6. The molecule has 0 aliphatic carbocycles. The Hall–Kier alpha value is -2.75. The minimum atomic E-state index is 0.629. The minimum absolute atomic E-state index is 0.629. The van der Waals surface area contributed by atoms with Crippen molar-refractivity contribution in [3.63, 3.8) is 0 Å². The second-order valence-electron chi connectivity index (χ2n) is 5.42. The summed E-state index contributed by atoms with van der Waals surface area (Å²) in [7, 11) is 2.01. The molecule has 1 aromatic carbocycles. The van der Waals surface area contributed by atoms with E-state index in [1.54, 1.807) is 6.08 Å². The predicted molar refractivity (Wildman–Crippen MR) is 101 cm³/mol. The average Bonchev–Trinajstić information content (AvgIpc) is 2.98. The Morgan fingerprint density at radius 3 is 2.71 bits per heavy atom. The molecule has 0 amide bonds. The third-order valence-corrected chi connectivity index (χ3v) is 3.70. The van der Waals surface area contributed by atoms with Crippen molar-refractivity contribution >= 4 is 11.5 Å². The van der Waals surface area contributed by atoms with Gasteiger partial charge in [0.15, 0.2) is 0 Å². The van der Waals surface area contributed by atoms with Gasteiger partial charge in [0.05, 0.1) is 18.5 Å². The number of nitrogens with zero attached hydrogens (tertiary/aromatic N) is 2. The van der Waals surface area contributed by atoms with Crippen LogP contribution in [0.5, 0.6) is 0 Å². The van der Waals surface area contributed by atoms with Crippen molar-refractivity contribution < 1.29 is 4.74 Å². The molecule has 0 fully saturated rings. The molecule has 1 heterocycles. The smallest absolute Gasteiger partial charge is 0.203 e. The van der Waals surface area contributed by atoms with Crippen molar-refractivity contribution in [3.8, 4) is 0 Å². The van der Waals surface area contributed by atoms with Crippen LogP contribution in [-0.4, -0.2) is 16.2 Å². The largest absolute Gasteiger partial charge is 0.494 e. The lowest BCUT2D eigenvalue weighted by molar-refractivity contribution is 0.243. The van der Waals surface area contributed by atoms with Crippen LogP contribution in [0.25, 0.3) is 5.57 Å². The lowest BCUT2D eigenvalue weighted by Crippen LogP contribution is -2.06. The van der Waals surface area contributed by atoms with E-state index >= 15 is 0 Å². The van der Waals surface area contributed by atoms with Crippen molar-refractivity contribution in [1.29, 1.82) is 0 Å². The summed E-state index contributed by atoms with van der Waals surface area (Å²) in [5.74, 6) is 1.61. The van der Waals surface area contributed by atoms with Gasteiger partial charge in [-0.3, -0.25) is 0 Å². The van der Waals surface area contributed by atoms with E-state index in [1.165, 1.54) is 5.56 Å². The van der Waals surface area contributed by atoms with Gasteiger partial charge in [0, 0.05) is 13.6 Å². The molecule has 0 saturated carbocycles. The fraction of sp³-hybridized carbons (Fsp3) is 0.250. The quantitative estimate of drug-likeness (QED) is 0.572. The lowest BCUT2D eigenvalue weighted by atomic mass is 10.2. The second kappa shape index (κ2) is 8.77. The highest BCUT2D eigenvalue weighted by molar-refractivity contribution is 5.64. The van der Waals surface area contributed by atoms with Gasteiger partial charge in [0.25, 0.3) is 0 Å². The first-order valence-electron chi connectivity index (χ1n) is 8.09. The number of hydrogen-bond donors (Lipinski definition) is 1. The SMILES string of the molecule is C=C/C(=C\C=C(/C)c1cnc(NCc2ccccc2)n1C)OCC. The Morgan fingerprint density at radius 2 is 2.04 bits per heavy atom. The van der Waals surface area contributed by atoms with Crippen LogP contribution < -0.4 is 5.32 Å². The fourth-order valence-corrected chi connectivity index (χ4v) is 2.35. The molecule has 2 rings (SSSR count). The number of anilines is 1. The third-order valence-electron chi connectivity index (χ3n) is 3.70. The second-order valence-corrected chi connectivity index (χ2v) is 5.42. The summed E-state index contributed by atoms with van der Waals surface area (Å²) in [5.41, 5.74) is 3.39. The number of ether oxygens (including phenoxy) is 1. The summed E-state index contributed by atoms with van der Waals surface area (Å²) in [5, 5.41) is 3.37. The van der Waals surface area contributed by atoms with Gasteiger partial charge < -0.3 is 14.6 Å². The van der Waals surface area contributed by atoms with Crippen molar-refractivity contribution in [1.82, 2.24) is 9.55 Å². The monoisotopic (exact) mass is 323 g/mol. The molecule has 2 aromatic rings. The Labute approximate surface area is 144 Å². The maximum atomic E-state index is 5.46. The van der Waals surface area contributed by atoms with E-state index in [0.29, 0.717) is 6.61 Å². The molecular weight excluding hydrogens is 298 g/mol. The Balaban J connectivity index is 2.09. The Kier molecular flexibility index (Phi) is 6.43. The summed E-state index contributed by atoms with van der Waals surface area (Å²) in [4.78, 5) is 4.47. The van der Waals surface area contributed by atoms with Gasteiger partial charge in [-0.2, -0.15) is 0 Å². The highest BCUT2D eigenvalue weighted by Crippen LogP contribution is 2.18. The highest BCUT2D eigenvalue weighted by atomic mass is 16.5. The summed E-state index contributed by atoms with van der Waals surface area (Å²) in [6.45, 7) is 9.15. The Bertz CT molecular complexity index is 727. The molecule has 4 nitrogen and oxygen atoms in total. The van der Waals surface area contributed by atoms with Gasteiger partial charge in [-0.05, 0) is 37.1 Å². The van der Waals surface area contributed by atoms with Crippen molar-refractivity contribution in [3.05, 3.63) is 78.4 Å². The number of allylic oxidation sites excluding steroid dienone is 4. The molecule has 0 bridgehead atoms. The van der Waals surface area contributed by atoms with E-state index in [9.17, 15) is 0 Å². The van der Waals surface area contributed by atoms with Crippen LogP contribution in [0.2, 0.25) is 0 Å². The number of imidazole rings is 1. The summed E-state index contributed by atoms with van der Waals surface area (Å²) in [6, 6.07) is 10.3. The zero-order valence-corrected chi connectivity index (χ0v) is 14.6. The van der Waals surface area contributed by atoms with Gasteiger partial charge in [-0.15, -0.1) is 0 Å². The molecule has 126 valence electrons. The molecule has 0 unspecified atom stereocenters. The topological polar surface area (TPSA) is 39.1 Å². The zero-order chi connectivity index (χ0) is 17.4.